The maximum atomic E-state index is 4.52. The molecule has 0 saturated heterocycles. The van der Waals surface area contributed by atoms with Crippen molar-refractivity contribution in [3.63, 3.8) is 0 Å². The first-order valence-corrected chi connectivity index (χ1v) is 10.5. The summed E-state index contributed by atoms with van der Waals surface area (Å²) in [5.41, 5.74) is 3.93. The molecule has 0 fully saturated rings. The molecule has 148 valence electrons. The molecule has 0 radical (unpaired) electrons. The molecule has 0 atom stereocenters. The van der Waals surface area contributed by atoms with Gasteiger partial charge in [-0.15, -0.1) is 0 Å². The molecule has 3 aromatic rings. The van der Waals surface area contributed by atoms with Crippen LogP contribution >= 0.6 is 0 Å². The second-order valence-corrected chi connectivity index (χ2v) is 6.57. The lowest BCUT2D eigenvalue weighted by Gasteiger charge is -2.23. The Morgan fingerprint density at radius 3 is 2.07 bits per heavy atom. The molecule has 0 saturated carbocycles. The Hall–Kier alpha value is -2.68. The summed E-state index contributed by atoms with van der Waals surface area (Å²) in [4.78, 5) is 11.0. The van der Waals surface area contributed by atoms with Gasteiger partial charge in [0.15, 0.2) is 0 Å². The number of aryl methyl sites for hydroxylation is 2. The van der Waals surface area contributed by atoms with E-state index in [4.69, 9.17) is 0 Å². The van der Waals surface area contributed by atoms with Crippen LogP contribution in [0.4, 0.5) is 11.5 Å². The highest BCUT2D eigenvalue weighted by molar-refractivity contribution is 5.58. The molecule has 0 aliphatic heterocycles. The van der Waals surface area contributed by atoms with Gasteiger partial charge >= 0.3 is 0 Å². The van der Waals surface area contributed by atoms with Crippen molar-refractivity contribution in [2.75, 3.05) is 11.4 Å². The van der Waals surface area contributed by atoms with Crippen molar-refractivity contribution in [2.45, 2.75) is 52.9 Å². The topological polar surface area (TPSA) is 29.0 Å². The molecular weight excluding hydrogens is 342 g/mol. The molecule has 28 heavy (non-hydrogen) atoms. The number of hydrogen-bond donors (Lipinski definition) is 0. The third-order valence-electron chi connectivity index (χ3n) is 4.57. The van der Waals surface area contributed by atoms with E-state index < -0.39 is 0 Å². The average molecular weight is 376 g/mol. The molecule has 0 aliphatic rings. The van der Waals surface area contributed by atoms with E-state index in [1.807, 2.05) is 44.4 Å². The number of nitrogens with zero attached hydrogens (tertiary/aromatic N) is 3. The summed E-state index contributed by atoms with van der Waals surface area (Å²) >= 11 is 0. The van der Waals surface area contributed by atoms with Crippen molar-refractivity contribution in [1.29, 1.82) is 0 Å². The molecule has 0 amide bonds. The second-order valence-electron chi connectivity index (χ2n) is 6.57. The van der Waals surface area contributed by atoms with Crippen molar-refractivity contribution < 1.29 is 0 Å². The maximum Gasteiger partial charge on any atom is 0.132 e. The van der Waals surface area contributed by atoms with Crippen LogP contribution in [0.5, 0.6) is 0 Å². The first-order valence-electron chi connectivity index (χ1n) is 10.5. The molecule has 3 nitrogen and oxygen atoms in total. The minimum atomic E-state index is 0.917. The average Bonchev–Trinajstić information content (AvgIpc) is 2.79. The molecule has 3 heteroatoms. The van der Waals surface area contributed by atoms with Gasteiger partial charge in [0.1, 0.15) is 5.82 Å². The Labute approximate surface area is 170 Å². The van der Waals surface area contributed by atoms with Crippen LogP contribution in [0.1, 0.15) is 51.2 Å². The van der Waals surface area contributed by atoms with E-state index in [2.05, 4.69) is 58.2 Å². The van der Waals surface area contributed by atoms with Gasteiger partial charge in [0.2, 0.25) is 0 Å². The monoisotopic (exact) mass is 375 g/mol. The van der Waals surface area contributed by atoms with Gasteiger partial charge in [-0.1, -0.05) is 57.5 Å². The van der Waals surface area contributed by atoms with Crippen LogP contribution in [0.15, 0.2) is 73.2 Å². The zero-order chi connectivity index (χ0) is 20.0. The summed E-state index contributed by atoms with van der Waals surface area (Å²) in [6, 6.07) is 19.2. The minimum absolute atomic E-state index is 0.917. The normalized spacial score (nSPS) is 10.1. The van der Waals surface area contributed by atoms with Crippen LogP contribution in [-0.2, 0) is 12.8 Å². The first-order chi connectivity index (χ1) is 13.9. The number of benzene rings is 1. The zero-order valence-electron chi connectivity index (χ0n) is 17.5. The lowest BCUT2D eigenvalue weighted by molar-refractivity contribution is 0.788. The third kappa shape index (κ3) is 6.80. The van der Waals surface area contributed by atoms with Crippen LogP contribution in [0.25, 0.3) is 0 Å². The Morgan fingerprint density at radius 2 is 1.50 bits per heavy atom. The molecular formula is C25H33N3. The summed E-state index contributed by atoms with van der Waals surface area (Å²) in [5, 5.41) is 0. The molecule has 0 N–H and O–H groups in total. The molecule has 0 bridgehead atoms. The lowest BCUT2D eigenvalue weighted by atomic mass is 10.0. The van der Waals surface area contributed by atoms with E-state index >= 15 is 0 Å². The van der Waals surface area contributed by atoms with Gasteiger partial charge in [-0.2, -0.15) is 0 Å². The largest absolute Gasteiger partial charge is 0.325 e. The fourth-order valence-corrected chi connectivity index (χ4v) is 3.10. The zero-order valence-corrected chi connectivity index (χ0v) is 17.5. The van der Waals surface area contributed by atoms with Crippen LogP contribution in [-0.4, -0.2) is 16.5 Å². The summed E-state index contributed by atoms with van der Waals surface area (Å²) < 4.78 is 0. The van der Waals surface area contributed by atoms with Gasteiger partial charge in [0.05, 0.1) is 11.9 Å². The van der Waals surface area contributed by atoms with E-state index in [-0.39, 0.29) is 0 Å². The third-order valence-corrected chi connectivity index (χ3v) is 4.57. The van der Waals surface area contributed by atoms with Crippen molar-refractivity contribution in [1.82, 2.24) is 9.97 Å². The molecule has 0 aliphatic carbocycles. The Kier molecular flexibility index (Phi) is 9.78. The minimum Gasteiger partial charge on any atom is -0.325 e. The van der Waals surface area contributed by atoms with Crippen molar-refractivity contribution in [2.24, 2.45) is 0 Å². The van der Waals surface area contributed by atoms with E-state index in [1.165, 1.54) is 30.4 Å². The SMILES string of the molecule is CC.CCCCc1ccc(CCCN(c2cccnc2)c2ccccn2)cc1. The van der Waals surface area contributed by atoms with E-state index in [1.54, 1.807) is 6.20 Å². The van der Waals surface area contributed by atoms with E-state index in [0.717, 1.165) is 30.9 Å². The molecule has 0 unspecified atom stereocenters. The number of aromatic nitrogens is 2. The van der Waals surface area contributed by atoms with Gasteiger partial charge in [0.25, 0.3) is 0 Å². The predicted molar refractivity (Wildman–Crippen MR) is 120 cm³/mol. The van der Waals surface area contributed by atoms with Gasteiger partial charge < -0.3 is 4.90 Å². The summed E-state index contributed by atoms with van der Waals surface area (Å²) in [7, 11) is 0. The van der Waals surface area contributed by atoms with Crippen LogP contribution in [0.3, 0.4) is 0 Å². The molecule has 2 heterocycles. The first kappa shape index (κ1) is 21.6. The van der Waals surface area contributed by atoms with Crippen LogP contribution < -0.4 is 4.90 Å². The van der Waals surface area contributed by atoms with E-state index in [0.29, 0.717) is 0 Å². The fourth-order valence-electron chi connectivity index (χ4n) is 3.10. The number of unbranched alkanes of at least 4 members (excludes halogenated alkanes) is 1. The van der Waals surface area contributed by atoms with Crippen molar-refractivity contribution >= 4 is 11.5 Å². The quantitative estimate of drug-likeness (QED) is 0.421. The fraction of sp³-hybridized carbons (Fsp3) is 0.360. The Bertz CT molecular complexity index is 715. The highest BCUT2D eigenvalue weighted by atomic mass is 15.2. The van der Waals surface area contributed by atoms with Gasteiger partial charge in [-0.25, -0.2) is 4.98 Å². The summed E-state index contributed by atoms with van der Waals surface area (Å²) in [6.45, 7) is 7.16. The Balaban J connectivity index is 0.00000136. The highest BCUT2D eigenvalue weighted by Gasteiger charge is 2.10. The van der Waals surface area contributed by atoms with Crippen LogP contribution in [0.2, 0.25) is 0 Å². The van der Waals surface area contributed by atoms with Gasteiger partial charge in [-0.3, -0.25) is 4.98 Å². The van der Waals surface area contributed by atoms with E-state index in [9.17, 15) is 0 Å². The summed E-state index contributed by atoms with van der Waals surface area (Å²) in [6.07, 6.45) is 11.4. The van der Waals surface area contributed by atoms with Gasteiger partial charge in [0, 0.05) is 18.9 Å². The smallest absolute Gasteiger partial charge is 0.132 e. The van der Waals surface area contributed by atoms with Crippen molar-refractivity contribution in [3.8, 4) is 0 Å². The number of hydrogen-bond acceptors (Lipinski definition) is 3. The summed E-state index contributed by atoms with van der Waals surface area (Å²) in [5.74, 6) is 0.968. The standard InChI is InChI=1S/C23H27N3.C2H6/c1-2-3-8-20-12-14-21(15-13-20)9-7-18-26(22-10-6-16-24-19-22)23-11-4-5-17-25-23;1-2/h4-6,10-17,19H,2-3,7-9,18H2,1H3;1-2H3. The molecule has 3 rings (SSSR count). The molecule has 1 aromatic carbocycles. The highest BCUT2D eigenvalue weighted by Crippen LogP contribution is 2.22. The molecule has 0 spiro atoms. The molecule has 2 aromatic heterocycles. The number of rotatable bonds is 9. The lowest BCUT2D eigenvalue weighted by Crippen LogP contribution is -2.20. The number of anilines is 2. The van der Waals surface area contributed by atoms with Crippen molar-refractivity contribution in [3.05, 3.63) is 84.3 Å². The van der Waals surface area contributed by atoms with Crippen LogP contribution in [0, 0.1) is 0 Å². The number of pyridine rings is 2. The maximum absolute atomic E-state index is 4.52. The second kappa shape index (κ2) is 12.7. The van der Waals surface area contributed by atoms with Gasteiger partial charge in [-0.05, 0) is 61.1 Å². The predicted octanol–water partition coefficient (Wildman–Crippen LogP) is 6.62. The Morgan fingerprint density at radius 1 is 0.786 bits per heavy atom.